The molecule has 0 spiro atoms. The zero-order chi connectivity index (χ0) is 10.2. The summed E-state index contributed by atoms with van der Waals surface area (Å²) in [5.41, 5.74) is 5.31. The van der Waals surface area contributed by atoms with E-state index in [-0.39, 0.29) is 5.75 Å². The summed E-state index contributed by atoms with van der Waals surface area (Å²) in [6.45, 7) is 2.82. The molecule has 0 saturated heterocycles. The second kappa shape index (κ2) is 6.23. The Kier molecular flexibility index (Phi) is 4.82. The van der Waals surface area contributed by atoms with E-state index in [4.69, 9.17) is 15.6 Å². The lowest BCUT2D eigenvalue weighted by Crippen LogP contribution is -2.26. The van der Waals surface area contributed by atoms with Crippen molar-refractivity contribution in [3.8, 4) is 11.5 Å². The smallest absolute Gasteiger partial charge is 0.119 e. The Morgan fingerprint density at radius 2 is 1.93 bits per heavy atom. The van der Waals surface area contributed by atoms with E-state index in [9.17, 15) is 0 Å². The molecule has 4 heteroatoms. The summed E-state index contributed by atoms with van der Waals surface area (Å²) < 4.78 is 5.39. The Hall–Kier alpha value is -1.26. The average Bonchev–Trinajstić information content (AvgIpc) is 2.21. The van der Waals surface area contributed by atoms with E-state index in [1.54, 1.807) is 24.3 Å². The first-order valence-electron chi connectivity index (χ1n) is 4.65. The second-order valence-electron chi connectivity index (χ2n) is 2.88. The molecule has 1 aromatic carbocycles. The average molecular weight is 196 g/mol. The first kappa shape index (κ1) is 10.8. The minimum atomic E-state index is 0.249. The lowest BCUT2D eigenvalue weighted by Gasteiger charge is -2.06. The zero-order valence-electron chi connectivity index (χ0n) is 8.07. The SMILES string of the molecule is NCCNCCOc1ccc(O)cc1. The van der Waals surface area contributed by atoms with Gasteiger partial charge in [-0.1, -0.05) is 0 Å². The number of benzene rings is 1. The minimum absolute atomic E-state index is 0.249. The molecule has 0 aliphatic carbocycles. The van der Waals surface area contributed by atoms with Crippen molar-refractivity contribution in [3.05, 3.63) is 24.3 Å². The van der Waals surface area contributed by atoms with Gasteiger partial charge in [0.25, 0.3) is 0 Å². The number of nitrogens with one attached hydrogen (secondary N) is 1. The predicted octanol–water partition coefficient (Wildman–Crippen LogP) is 0.319. The third-order valence-corrected chi connectivity index (χ3v) is 1.71. The molecule has 0 fully saturated rings. The summed E-state index contributed by atoms with van der Waals surface area (Å²) in [5.74, 6) is 1.01. The second-order valence-corrected chi connectivity index (χ2v) is 2.88. The van der Waals surface area contributed by atoms with E-state index in [0.717, 1.165) is 18.8 Å². The maximum Gasteiger partial charge on any atom is 0.119 e. The predicted molar refractivity (Wildman–Crippen MR) is 55.5 cm³/mol. The van der Waals surface area contributed by atoms with Gasteiger partial charge in [-0.25, -0.2) is 0 Å². The standard InChI is InChI=1S/C10H16N2O2/c11-5-6-12-7-8-14-10-3-1-9(13)2-4-10/h1-4,12-13H,5-8,11H2. The monoisotopic (exact) mass is 196 g/mol. The van der Waals surface area contributed by atoms with E-state index in [1.807, 2.05) is 0 Å². The number of hydrogen-bond acceptors (Lipinski definition) is 4. The van der Waals surface area contributed by atoms with Crippen molar-refractivity contribution >= 4 is 0 Å². The van der Waals surface area contributed by atoms with Gasteiger partial charge in [-0.05, 0) is 24.3 Å². The van der Waals surface area contributed by atoms with Crippen LogP contribution in [0.5, 0.6) is 11.5 Å². The van der Waals surface area contributed by atoms with E-state index >= 15 is 0 Å². The number of rotatable bonds is 6. The maximum atomic E-state index is 9.02. The van der Waals surface area contributed by atoms with Crippen LogP contribution in [-0.4, -0.2) is 31.3 Å². The third-order valence-electron chi connectivity index (χ3n) is 1.71. The molecule has 0 saturated carbocycles. The zero-order valence-corrected chi connectivity index (χ0v) is 8.07. The molecule has 1 rings (SSSR count). The van der Waals surface area contributed by atoms with Gasteiger partial charge in [0, 0.05) is 19.6 Å². The maximum absolute atomic E-state index is 9.02. The molecule has 4 N–H and O–H groups in total. The molecule has 0 bridgehead atoms. The van der Waals surface area contributed by atoms with Gasteiger partial charge in [-0.15, -0.1) is 0 Å². The van der Waals surface area contributed by atoms with Crippen LogP contribution in [0.4, 0.5) is 0 Å². The number of nitrogens with two attached hydrogens (primary N) is 1. The van der Waals surface area contributed by atoms with Crippen LogP contribution in [0.2, 0.25) is 0 Å². The van der Waals surface area contributed by atoms with Crippen molar-refractivity contribution in [2.75, 3.05) is 26.2 Å². The van der Waals surface area contributed by atoms with Crippen molar-refractivity contribution in [1.29, 1.82) is 0 Å². The summed E-state index contributed by atoms with van der Waals surface area (Å²) in [7, 11) is 0. The van der Waals surface area contributed by atoms with Crippen molar-refractivity contribution in [2.24, 2.45) is 5.73 Å². The van der Waals surface area contributed by atoms with Gasteiger partial charge in [-0.2, -0.15) is 0 Å². The number of phenols is 1. The first-order valence-corrected chi connectivity index (χ1v) is 4.65. The van der Waals surface area contributed by atoms with Gasteiger partial charge in [0.1, 0.15) is 18.1 Å². The van der Waals surface area contributed by atoms with Crippen LogP contribution < -0.4 is 15.8 Å². The van der Waals surface area contributed by atoms with Crippen LogP contribution >= 0.6 is 0 Å². The summed E-state index contributed by atoms with van der Waals surface area (Å²) in [6.07, 6.45) is 0. The highest BCUT2D eigenvalue weighted by Crippen LogP contribution is 2.15. The van der Waals surface area contributed by atoms with Crippen LogP contribution in [0.1, 0.15) is 0 Å². The van der Waals surface area contributed by atoms with Crippen molar-refractivity contribution in [2.45, 2.75) is 0 Å². The molecule has 78 valence electrons. The molecule has 0 aromatic heterocycles. The molecule has 0 atom stereocenters. The Morgan fingerprint density at radius 1 is 1.21 bits per heavy atom. The quantitative estimate of drug-likeness (QED) is 0.573. The lowest BCUT2D eigenvalue weighted by atomic mass is 10.3. The normalized spacial score (nSPS) is 10.1. The summed E-state index contributed by atoms with van der Waals surface area (Å²) >= 11 is 0. The van der Waals surface area contributed by atoms with E-state index in [1.165, 1.54) is 0 Å². The van der Waals surface area contributed by atoms with Crippen molar-refractivity contribution < 1.29 is 9.84 Å². The Balaban J connectivity index is 2.15. The van der Waals surface area contributed by atoms with Crippen molar-refractivity contribution in [1.82, 2.24) is 5.32 Å². The number of ether oxygens (including phenoxy) is 1. The largest absolute Gasteiger partial charge is 0.508 e. The highest BCUT2D eigenvalue weighted by atomic mass is 16.5. The summed E-state index contributed by atoms with van der Waals surface area (Å²) in [6, 6.07) is 6.67. The van der Waals surface area contributed by atoms with Crippen LogP contribution in [0.15, 0.2) is 24.3 Å². The van der Waals surface area contributed by atoms with Crippen LogP contribution in [0, 0.1) is 0 Å². The molecular weight excluding hydrogens is 180 g/mol. The molecule has 0 aliphatic rings. The molecule has 4 nitrogen and oxygen atoms in total. The van der Waals surface area contributed by atoms with Gasteiger partial charge in [0.2, 0.25) is 0 Å². The fourth-order valence-electron chi connectivity index (χ4n) is 1.01. The van der Waals surface area contributed by atoms with E-state index < -0.39 is 0 Å². The Bertz CT molecular complexity index is 249. The molecule has 0 radical (unpaired) electrons. The molecule has 0 amide bonds. The number of phenolic OH excluding ortho intramolecular Hbond substituents is 1. The fourth-order valence-corrected chi connectivity index (χ4v) is 1.01. The van der Waals surface area contributed by atoms with Crippen LogP contribution in [0.25, 0.3) is 0 Å². The summed E-state index contributed by atoms with van der Waals surface area (Å²) in [4.78, 5) is 0. The Morgan fingerprint density at radius 3 is 2.57 bits per heavy atom. The molecule has 0 heterocycles. The molecule has 14 heavy (non-hydrogen) atoms. The lowest BCUT2D eigenvalue weighted by molar-refractivity contribution is 0.314. The number of aromatic hydroxyl groups is 1. The van der Waals surface area contributed by atoms with Gasteiger partial charge in [0.15, 0.2) is 0 Å². The topological polar surface area (TPSA) is 67.5 Å². The highest BCUT2D eigenvalue weighted by Gasteiger charge is 1.92. The van der Waals surface area contributed by atoms with Crippen LogP contribution in [-0.2, 0) is 0 Å². The Labute approximate surface area is 83.7 Å². The van der Waals surface area contributed by atoms with E-state index in [2.05, 4.69) is 5.32 Å². The first-order chi connectivity index (χ1) is 6.83. The van der Waals surface area contributed by atoms with Crippen LogP contribution in [0.3, 0.4) is 0 Å². The van der Waals surface area contributed by atoms with Gasteiger partial charge < -0.3 is 20.9 Å². The van der Waals surface area contributed by atoms with Gasteiger partial charge in [-0.3, -0.25) is 0 Å². The molecule has 0 unspecified atom stereocenters. The third kappa shape index (κ3) is 4.11. The molecule has 0 aliphatic heterocycles. The minimum Gasteiger partial charge on any atom is -0.508 e. The fraction of sp³-hybridized carbons (Fsp3) is 0.400. The van der Waals surface area contributed by atoms with Crippen molar-refractivity contribution in [3.63, 3.8) is 0 Å². The molecular formula is C10H16N2O2. The van der Waals surface area contributed by atoms with E-state index in [0.29, 0.717) is 13.2 Å². The molecule has 1 aromatic rings. The summed E-state index contributed by atoms with van der Waals surface area (Å²) in [5, 5.41) is 12.1. The van der Waals surface area contributed by atoms with Gasteiger partial charge in [0.05, 0.1) is 0 Å². The van der Waals surface area contributed by atoms with Gasteiger partial charge >= 0.3 is 0 Å². The number of hydrogen-bond donors (Lipinski definition) is 3. The highest BCUT2D eigenvalue weighted by molar-refractivity contribution is 5.29.